The van der Waals surface area contributed by atoms with Crippen LogP contribution in [-0.4, -0.2) is 18.5 Å². The Morgan fingerprint density at radius 2 is 2.06 bits per heavy atom. The SMILES string of the molecule is COc1ccc2c(c1)C(=O)C1(CCCC1)O2. The second kappa shape index (κ2) is 3.24. The zero-order valence-corrected chi connectivity index (χ0v) is 9.29. The molecule has 0 unspecified atom stereocenters. The molecule has 3 nitrogen and oxygen atoms in total. The van der Waals surface area contributed by atoms with E-state index in [4.69, 9.17) is 9.47 Å². The number of ether oxygens (including phenoxy) is 2. The fourth-order valence-corrected chi connectivity index (χ4v) is 2.68. The number of hydrogen-bond acceptors (Lipinski definition) is 3. The molecule has 0 aromatic heterocycles. The van der Waals surface area contributed by atoms with Crippen LogP contribution >= 0.6 is 0 Å². The minimum atomic E-state index is -0.547. The normalized spacial score (nSPS) is 20.9. The fourth-order valence-electron chi connectivity index (χ4n) is 2.68. The molecule has 0 amide bonds. The number of carbonyl (C=O) groups is 1. The van der Waals surface area contributed by atoms with E-state index in [0.29, 0.717) is 17.1 Å². The Hall–Kier alpha value is -1.51. The molecule has 16 heavy (non-hydrogen) atoms. The summed E-state index contributed by atoms with van der Waals surface area (Å²) >= 11 is 0. The topological polar surface area (TPSA) is 35.5 Å². The highest BCUT2D eigenvalue weighted by Crippen LogP contribution is 2.45. The highest BCUT2D eigenvalue weighted by molar-refractivity contribution is 6.07. The molecule has 0 atom stereocenters. The lowest BCUT2D eigenvalue weighted by atomic mass is 9.94. The van der Waals surface area contributed by atoms with E-state index in [1.54, 1.807) is 13.2 Å². The molecule has 0 bridgehead atoms. The lowest BCUT2D eigenvalue weighted by Gasteiger charge is -2.20. The van der Waals surface area contributed by atoms with Crippen LogP contribution in [0.1, 0.15) is 36.0 Å². The molecule has 2 aliphatic rings. The molecular weight excluding hydrogens is 204 g/mol. The van der Waals surface area contributed by atoms with Gasteiger partial charge >= 0.3 is 0 Å². The van der Waals surface area contributed by atoms with E-state index in [0.717, 1.165) is 25.7 Å². The van der Waals surface area contributed by atoms with Gasteiger partial charge in [0.1, 0.15) is 11.5 Å². The first-order chi connectivity index (χ1) is 7.75. The smallest absolute Gasteiger partial charge is 0.210 e. The van der Waals surface area contributed by atoms with E-state index in [2.05, 4.69) is 0 Å². The van der Waals surface area contributed by atoms with Gasteiger partial charge in [0.05, 0.1) is 12.7 Å². The predicted octanol–water partition coefficient (Wildman–Crippen LogP) is 2.58. The molecule has 0 radical (unpaired) electrons. The number of benzene rings is 1. The highest BCUT2D eigenvalue weighted by Gasteiger charge is 2.49. The van der Waals surface area contributed by atoms with E-state index in [1.807, 2.05) is 12.1 Å². The number of fused-ring (bicyclic) bond motifs is 1. The summed E-state index contributed by atoms with van der Waals surface area (Å²) in [5, 5.41) is 0. The van der Waals surface area contributed by atoms with Gasteiger partial charge in [-0.1, -0.05) is 0 Å². The maximum Gasteiger partial charge on any atom is 0.210 e. The summed E-state index contributed by atoms with van der Waals surface area (Å²) in [5.74, 6) is 1.57. The van der Waals surface area contributed by atoms with Crippen molar-refractivity contribution in [1.82, 2.24) is 0 Å². The largest absolute Gasteiger partial charge is 0.497 e. The van der Waals surface area contributed by atoms with Gasteiger partial charge in [-0.05, 0) is 43.9 Å². The van der Waals surface area contributed by atoms with Crippen molar-refractivity contribution in [3.8, 4) is 11.5 Å². The quantitative estimate of drug-likeness (QED) is 0.726. The van der Waals surface area contributed by atoms with E-state index < -0.39 is 5.60 Å². The lowest BCUT2D eigenvalue weighted by Crippen LogP contribution is -2.36. The summed E-state index contributed by atoms with van der Waals surface area (Å²) < 4.78 is 11.0. The van der Waals surface area contributed by atoms with Crippen molar-refractivity contribution < 1.29 is 14.3 Å². The van der Waals surface area contributed by atoms with E-state index in [9.17, 15) is 4.79 Å². The van der Waals surface area contributed by atoms with Gasteiger partial charge in [-0.25, -0.2) is 0 Å². The Kier molecular flexibility index (Phi) is 1.96. The van der Waals surface area contributed by atoms with Gasteiger partial charge in [-0.3, -0.25) is 4.79 Å². The molecule has 1 fully saturated rings. The average Bonchev–Trinajstić information content (AvgIpc) is 2.87. The molecule has 84 valence electrons. The minimum Gasteiger partial charge on any atom is -0.497 e. The van der Waals surface area contributed by atoms with Gasteiger partial charge in [0.2, 0.25) is 5.78 Å². The third kappa shape index (κ3) is 1.17. The van der Waals surface area contributed by atoms with Crippen LogP contribution in [0.5, 0.6) is 11.5 Å². The molecule has 0 saturated heterocycles. The monoisotopic (exact) mass is 218 g/mol. The minimum absolute atomic E-state index is 0.138. The second-order valence-electron chi connectivity index (χ2n) is 4.49. The Balaban J connectivity index is 2.04. The van der Waals surface area contributed by atoms with Gasteiger partial charge in [0.15, 0.2) is 5.60 Å². The fraction of sp³-hybridized carbons (Fsp3) is 0.462. The van der Waals surface area contributed by atoms with Gasteiger partial charge in [-0.2, -0.15) is 0 Å². The molecule has 1 saturated carbocycles. The van der Waals surface area contributed by atoms with Crippen LogP contribution in [0.25, 0.3) is 0 Å². The number of rotatable bonds is 1. The van der Waals surface area contributed by atoms with Crippen LogP contribution in [0.2, 0.25) is 0 Å². The van der Waals surface area contributed by atoms with Crippen molar-refractivity contribution >= 4 is 5.78 Å². The summed E-state index contributed by atoms with van der Waals surface area (Å²) in [7, 11) is 1.60. The zero-order chi connectivity index (χ0) is 11.2. The van der Waals surface area contributed by atoms with Crippen molar-refractivity contribution in [2.75, 3.05) is 7.11 Å². The molecule has 1 aromatic rings. The maximum absolute atomic E-state index is 12.3. The second-order valence-corrected chi connectivity index (χ2v) is 4.49. The van der Waals surface area contributed by atoms with E-state index in [-0.39, 0.29) is 5.78 Å². The van der Waals surface area contributed by atoms with Crippen LogP contribution in [-0.2, 0) is 0 Å². The molecule has 3 heteroatoms. The number of Topliss-reactive ketones (excluding diaryl/α,β-unsaturated/α-hetero) is 1. The first-order valence-corrected chi connectivity index (χ1v) is 5.67. The predicted molar refractivity (Wildman–Crippen MR) is 59.2 cm³/mol. The van der Waals surface area contributed by atoms with Crippen LogP contribution in [0.15, 0.2) is 18.2 Å². The Morgan fingerprint density at radius 3 is 2.75 bits per heavy atom. The van der Waals surface area contributed by atoms with Crippen LogP contribution < -0.4 is 9.47 Å². The maximum atomic E-state index is 12.3. The number of carbonyl (C=O) groups excluding carboxylic acids is 1. The molecule has 3 rings (SSSR count). The van der Waals surface area contributed by atoms with Crippen molar-refractivity contribution in [3.05, 3.63) is 23.8 Å². The van der Waals surface area contributed by atoms with Crippen LogP contribution in [0.3, 0.4) is 0 Å². The molecule has 1 aliphatic carbocycles. The van der Waals surface area contributed by atoms with Gasteiger partial charge in [-0.15, -0.1) is 0 Å². The Morgan fingerprint density at radius 1 is 1.31 bits per heavy atom. The van der Waals surface area contributed by atoms with E-state index in [1.165, 1.54) is 0 Å². The number of hydrogen-bond donors (Lipinski definition) is 0. The van der Waals surface area contributed by atoms with Gasteiger partial charge in [0, 0.05) is 0 Å². The number of methoxy groups -OCH3 is 1. The molecule has 1 aliphatic heterocycles. The van der Waals surface area contributed by atoms with Crippen LogP contribution in [0.4, 0.5) is 0 Å². The molecule has 1 aromatic carbocycles. The Bertz CT molecular complexity index is 444. The third-order valence-electron chi connectivity index (χ3n) is 3.56. The summed E-state index contributed by atoms with van der Waals surface area (Å²) in [6.07, 6.45) is 3.86. The third-order valence-corrected chi connectivity index (χ3v) is 3.56. The zero-order valence-electron chi connectivity index (χ0n) is 9.29. The Labute approximate surface area is 94.4 Å². The van der Waals surface area contributed by atoms with Crippen molar-refractivity contribution in [2.45, 2.75) is 31.3 Å². The molecule has 1 spiro atoms. The lowest BCUT2D eigenvalue weighted by molar-refractivity contribution is 0.0587. The standard InChI is InChI=1S/C13H14O3/c1-15-9-4-5-11-10(8-9)12(14)13(16-11)6-2-3-7-13/h4-5,8H,2-3,6-7H2,1H3. The van der Waals surface area contributed by atoms with Crippen molar-refractivity contribution in [3.63, 3.8) is 0 Å². The van der Waals surface area contributed by atoms with Gasteiger partial charge < -0.3 is 9.47 Å². The van der Waals surface area contributed by atoms with Crippen LogP contribution in [0, 0.1) is 0 Å². The van der Waals surface area contributed by atoms with E-state index >= 15 is 0 Å². The molecule has 1 heterocycles. The summed E-state index contributed by atoms with van der Waals surface area (Å²) in [6.45, 7) is 0. The van der Waals surface area contributed by atoms with Crippen molar-refractivity contribution in [2.24, 2.45) is 0 Å². The highest BCUT2D eigenvalue weighted by atomic mass is 16.5. The van der Waals surface area contributed by atoms with Gasteiger partial charge in [0.25, 0.3) is 0 Å². The summed E-state index contributed by atoms with van der Waals surface area (Å²) in [4.78, 5) is 12.3. The molecular formula is C13H14O3. The summed E-state index contributed by atoms with van der Waals surface area (Å²) in [6, 6.07) is 5.45. The number of ketones is 1. The average molecular weight is 218 g/mol. The first kappa shape index (κ1) is 9.70. The molecule has 0 N–H and O–H groups in total. The van der Waals surface area contributed by atoms with Crippen molar-refractivity contribution in [1.29, 1.82) is 0 Å². The first-order valence-electron chi connectivity index (χ1n) is 5.67. The summed E-state index contributed by atoms with van der Waals surface area (Å²) in [5.41, 5.74) is 0.135.